The van der Waals surface area contributed by atoms with Gasteiger partial charge >= 0.3 is 5.97 Å². The van der Waals surface area contributed by atoms with Crippen molar-refractivity contribution >= 4 is 46.6 Å². The number of aliphatic hydroxyl groups is 3. The first-order chi connectivity index (χ1) is 30.0. The number of aromatic nitrogens is 1. The standard InChI is InChI=1S/C46H63Cl2N3O13/c1-18(2)39-38(55)36(51-45(64-39)43-41(58-11)42(62-26(10)52)40(23(7)60-43)61-25(9)49)37(54)32-20(4)12-14-27-29(15-13-19(3)31(27)32)63-30-17-46(57,44(56)24(8)59-30)21(5)16-28(53)35-34(48)33(47)22(6)50-35/h12,14,18,20-21,23-24,27,29-32,39-44,50,54,56-57H,3,9,13,15-17,49H2,1-2,4-8,10-11H3/b37-36-. The van der Waals surface area contributed by atoms with Gasteiger partial charge in [0.15, 0.2) is 48.1 Å². The van der Waals surface area contributed by atoms with Gasteiger partial charge in [0.05, 0.1) is 28.4 Å². The molecule has 18 heteroatoms. The minimum Gasteiger partial charge on any atom is -0.510 e. The Hall–Kier alpha value is -3.74. The number of aliphatic hydroxyl groups excluding tert-OH is 2. The number of methoxy groups -OCH3 is 1. The van der Waals surface area contributed by atoms with Crippen molar-refractivity contribution in [1.29, 1.82) is 0 Å². The molecule has 0 aromatic carbocycles. The Morgan fingerprint density at radius 1 is 1.08 bits per heavy atom. The summed E-state index contributed by atoms with van der Waals surface area (Å²) in [5, 5.41) is 36.2. The predicted molar refractivity (Wildman–Crippen MR) is 236 cm³/mol. The summed E-state index contributed by atoms with van der Waals surface area (Å²) < 4.78 is 42.8. The lowest BCUT2D eigenvalue weighted by Crippen LogP contribution is -2.62. The first kappa shape index (κ1) is 49.7. The van der Waals surface area contributed by atoms with Crippen LogP contribution in [-0.4, -0.2) is 118 Å². The third-order valence-corrected chi connectivity index (χ3v) is 14.4. The lowest BCUT2D eigenvalue weighted by atomic mass is 9.61. The van der Waals surface area contributed by atoms with Crippen LogP contribution in [0.1, 0.15) is 90.3 Å². The van der Waals surface area contributed by atoms with E-state index in [2.05, 4.69) is 23.1 Å². The lowest BCUT2D eigenvalue weighted by Gasteiger charge is -2.50. The molecule has 0 bridgehead atoms. The Balaban J connectivity index is 1.29. The van der Waals surface area contributed by atoms with Gasteiger partial charge in [0, 0.05) is 44.4 Å². The number of halogens is 2. The van der Waals surface area contributed by atoms with Gasteiger partial charge in [0.2, 0.25) is 11.7 Å². The van der Waals surface area contributed by atoms with Crippen molar-refractivity contribution in [3.8, 4) is 0 Å². The molecule has 16 unspecified atom stereocenters. The number of rotatable bonds is 13. The van der Waals surface area contributed by atoms with Crippen LogP contribution in [0, 0.1) is 42.4 Å². The highest BCUT2D eigenvalue weighted by molar-refractivity contribution is 6.44. The van der Waals surface area contributed by atoms with Gasteiger partial charge in [-0.1, -0.05) is 75.2 Å². The van der Waals surface area contributed by atoms with Crippen molar-refractivity contribution in [2.75, 3.05) is 7.11 Å². The summed E-state index contributed by atoms with van der Waals surface area (Å²) >= 11 is 12.6. The number of ether oxygens (including phenoxy) is 7. The van der Waals surface area contributed by atoms with Crippen LogP contribution in [0.25, 0.3) is 0 Å². The fourth-order valence-corrected chi connectivity index (χ4v) is 10.5. The Morgan fingerprint density at radius 3 is 2.36 bits per heavy atom. The van der Waals surface area contributed by atoms with Crippen LogP contribution in [0.3, 0.4) is 0 Å². The molecule has 1 aromatic rings. The number of nitrogens with two attached hydrogens (primary N) is 1. The molecule has 16 nitrogen and oxygen atoms in total. The highest BCUT2D eigenvalue weighted by Crippen LogP contribution is 2.50. The van der Waals surface area contributed by atoms with Crippen LogP contribution in [0.2, 0.25) is 10.0 Å². The maximum absolute atomic E-state index is 14.3. The van der Waals surface area contributed by atoms with Crippen LogP contribution < -0.4 is 5.73 Å². The minimum atomic E-state index is -1.78. The number of esters is 1. The van der Waals surface area contributed by atoms with Gasteiger partial charge in [0.25, 0.3) is 0 Å². The van der Waals surface area contributed by atoms with Crippen LogP contribution >= 0.6 is 23.2 Å². The lowest BCUT2D eigenvalue weighted by molar-refractivity contribution is -0.301. The van der Waals surface area contributed by atoms with Crippen LogP contribution in [0.4, 0.5) is 0 Å². The summed E-state index contributed by atoms with van der Waals surface area (Å²) in [4.78, 5) is 47.6. The number of allylic oxidation sites excluding steroid dienone is 3. The normalized spacial score (nSPS) is 37.9. The summed E-state index contributed by atoms with van der Waals surface area (Å²) in [5.41, 5.74) is 5.33. The van der Waals surface area contributed by atoms with Gasteiger partial charge in [-0.05, 0) is 63.9 Å². The van der Waals surface area contributed by atoms with Crippen LogP contribution in [-0.2, 0) is 42.7 Å². The predicted octanol–water partition coefficient (Wildman–Crippen LogP) is 6.20. The van der Waals surface area contributed by atoms with Crippen molar-refractivity contribution in [2.45, 2.75) is 148 Å². The number of fused-ring (bicyclic) bond motifs is 1. The molecule has 0 spiro atoms. The number of Topliss-reactive ketones (excluding diaryl/α,β-unsaturated/α-hetero) is 2. The molecular formula is C46H63Cl2N3O13. The zero-order valence-corrected chi connectivity index (χ0v) is 39.4. The number of hydrogen-bond donors (Lipinski definition) is 5. The number of aromatic amines is 1. The number of H-pyrrole nitrogens is 1. The number of ketones is 2. The molecule has 1 aromatic heterocycles. The number of nitrogens with one attached hydrogen (secondary N) is 1. The van der Waals surface area contributed by atoms with Crippen LogP contribution in [0.5, 0.6) is 0 Å². The number of nitrogens with zero attached hydrogens (tertiary/aromatic N) is 1. The molecule has 6 rings (SSSR count). The van der Waals surface area contributed by atoms with Crippen molar-refractivity contribution in [2.24, 2.45) is 46.2 Å². The van der Waals surface area contributed by atoms with Gasteiger partial charge in [-0.3, -0.25) is 14.4 Å². The summed E-state index contributed by atoms with van der Waals surface area (Å²) in [6, 6.07) is 0. The van der Waals surface area contributed by atoms with E-state index in [9.17, 15) is 29.7 Å². The zero-order chi connectivity index (χ0) is 47.3. The molecule has 6 N–H and O–H groups in total. The van der Waals surface area contributed by atoms with Crippen LogP contribution in [0.15, 0.2) is 53.2 Å². The molecule has 64 heavy (non-hydrogen) atoms. The quantitative estimate of drug-likeness (QED) is 0.0488. The zero-order valence-electron chi connectivity index (χ0n) is 37.8. The summed E-state index contributed by atoms with van der Waals surface area (Å²) in [6.45, 7) is 21.6. The second kappa shape index (κ2) is 19.6. The first-order valence-corrected chi connectivity index (χ1v) is 22.6. The maximum atomic E-state index is 14.3. The van der Waals surface area contributed by atoms with Gasteiger partial charge in [-0.2, -0.15) is 0 Å². The Bertz CT molecular complexity index is 2080. The highest BCUT2D eigenvalue weighted by Gasteiger charge is 2.55. The van der Waals surface area contributed by atoms with E-state index >= 15 is 0 Å². The van der Waals surface area contributed by atoms with Crippen molar-refractivity contribution in [3.63, 3.8) is 0 Å². The largest absolute Gasteiger partial charge is 0.510 e. The summed E-state index contributed by atoms with van der Waals surface area (Å²) in [6.07, 6.45) is -4.88. The van der Waals surface area contributed by atoms with E-state index in [1.165, 1.54) is 14.0 Å². The minimum absolute atomic E-state index is 0.0518. The van der Waals surface area contributed by atoms with Gasteiger partial charge in [-0.25, -0.2) is 4.99 Å². The first-order valence-electron chi connectivity index (χ1n) is 21.8. The van der Waals surface area contributed by atoms with E-state index in [1.54, 1.807) is 27.7 Å². The van der Waals surface area contributed by atoms with Gasteiger partial charge in [-0.15, -0.1) is 0 Å². The Kier molecular flexibility index (Phi) is 15.2. The molecule has 0 radical (unpaired) electrons. The smallest absolute Gasteiger partial charge is 0.303 e. The van der Waals surface area contributed by atoms with E-state index in [0.717, 1.165) is 5.57 Å². The summed E-state index contributed by atoms with van der Waals surface area (Å²) in [7, 11) is 1.40. The third-order valence-electron chi connectivity index (χ3n) is 13.5. The molecule has 5 aliphatic rings. The Morgan fingerprint density at radius 2 is 1.77 bits per heavy atom. The molecular weight excluding hydrogens is 873 g/mol. The van der Waals surface area contributed by atoms with Crippen molar-refractivity contribution in [3.05, 3.63) is 69.7 Å². The number of carbonyl (C=O) groups is 3. The van der Waals surface area contributed by atoms with Gasteiger partial charge in [0.1, 0.15) is 29.3 Å². The third kappa shape index (κ3) is 9.57. The average molecular weight is 937 g/mol. The van der Waals surface area contributed by atoms with E-state index in [-0.39, 0.29) is 75.4 Å². The average Bonchev–Trinajstić information content (AvgIpc) is 3.48. The second-order valence-corrected chi connectivity index (χ2v) is 19.1. The molecule has 0 amide bonds. The number of hydrogen-bond acceptors (Lipinski definition) is 15. The van der Waals surface area contributed by atoms with E-state index in [4.69, 9.17) is 62.1 Å². The molecule has 1 saturated carbocycles. The molecule has 354 valence electrons. The van der Waals surface area contributed by atoms with Crippen molar-refractivity contribution in [1.82, 2.24) is 4.98 Å². The van der Waals surface area contributed by atoms with Crippen molar-refractivity contribution < 1.29 is 62.9 Å². The molecule has 3 aliphatic heterocycles. The number of aliphatic imine (C=N–C) groups is 1. The highest BCUT2D eigenvalue weighted by atomic mass is 35.5. The molecule has 2 aliphatic carbocycles. The molecule has 2 saturated heterocycles. The SMILES string of the molecule is C=C(N)OC1C(C)OC(C2=N/C(=C(\O)C3C(C)C=CC4C(OC5CC(O)(C(C)CC(=O)c6[nH]c(C)c(Cl)c6Cl)C(O)C(C)O5)CCC(=C)C43)C(=O)C(C(C)C)O2)C(OC)C1OC(C)=O. The van der Waals surface area contributed by atoms with E-state index in [0.29, 0.717) is 18.5 Å². The maximum Gasteiger partial charge on any atom is 0.303 e. The molecule has 3 fully saturated rings. The number of aryl methyl sites for hydroxylation is 1. The van der Waals surface area contributed by atoms with E-state index in [1.807, 2.05) is 32.9 Å². The van der Waals surface area contributed by atoms with Gasteiger partial charge < -0.3 is 59.2 Å². The Labute approximate surface area is 384 Å². The monoisotopic (exact) mass is 935 g/mol. The van der Waals surface area contributed by atoms with E-state index < -0.39 is 96.3 Å². The molecule has 4 heterocycles. The topological polar surface area (TPSA) is 231 Å². The second-order valence-electron chi connectivity index (χ2n) is 18.4. The summed E-state index contributed by atoms with van der Waals surface area (Å²) in [5.74, 6) is -4.80. The molecule has 16 atom stereocenters. The number of carbonyl (C=O) groups excluding carboxylic acids is 3. The fraction of sp³-hybridized carbons (Fsp3) is 0.652. The fourth-order valence-electron chi connectivity index (χ4n) is 10.1.